The molecule has 0 bridgehead atoms. The number of carboxylic acid groups (broad SMARTS) is 1. The lowest BCUT2D eigenvalue weighted by atomic mass is 9.95. The number of rotatable bonds is 6. The Hall–Kier alpha value is -2.33. The van der Waals surface area contributed by atoms with Gasteiger partial charge < -0.3 is 20.6 Å². The van der Waals surface area contributed by atoms with E-state index in [1.807, 2.05) is 6.08 Å². The standard InChI is InChI=1S/C19H27N3O4/c1-2-16(12-18(24)25)21-19(26)15-4-3-11-22(13-15)17(23)6-5-14-7-9-20-10-8-14/h1,5-6,14-16,20H,3-4,7-13H2,(H,21,26)(H,24,25)/b6-5-/t15-,16-/m1/s1. The molecule has 2 aliphatic heterocycles. The lowest BCUT2D eigenvalue weighted by molar-refractivity contribution is -0.137. The van der Waals surface area contributed by atoms with Crippen LogP contribution >= 0.6 is 0 Å². The van der Waals surface area contributed by atoms with Crippen LogP contribution in [0.3, 0.4) is 0 Å². The van der Waals surface area contributed by atoms with Gasteiger partial charge in [-0.1, -0.05) is 12.0 Å². The van der Waals surface area contributed by atoms with Crippen LogP contribution in [0, 0.1) is 24.2 Å². The minimum atomic E-state index is -1.06. The smallest absolute Gasteiger partial charge is 0.306 e. The number of piperidine rings is 2. The number of carbonyl (C=O) groups is 3. The van der Waals surface area contributed by atoms with Gasteiger partial charge in [0.2, 0.25) is 11.8 Å². The SMILES string of the molecule is C#C[C@H](CC(=O)O)NC(=O)[C@@H]1CCCN(C(=O)/C=C\C2CCNCC2)C1. The van der Waals surface area contributed by atoms with E-state index in [2.05, 4.69) is 16.6 Å². The van der Waals surface area contributed by atoms with Gasteiger partial charge in [-0.05, 0) is 50.8 Å². The third-order valence-corrected chi connectivity index (χ3v) is 4.90. The van der Waals surface area contributed by atoms with E-state index in [4.69, 9.17) is 11.5 Å². The highest BCUT2D eigenvalue weighted by molar-refractivity contribution is 5.88. The van der Waals surface area contributed by atoms with Gasteiger partial charge in [0.15, 0.2) is 0 Å². The summed E-state index contributed by atoms with van der Waals surface area (Å²) in [6, 6.07) is -0.828. The Morgan fingerprint density at radius 3 is 2.69 bits per heavy atom. The molecule has 0 aliphatic carbocycles. The molecule has 26 heavy (non-hydrogen) atoms. The molecule has 2 rings (SSSR count). The molecule has 0 saturated carbocycles. The maximum absolute atomic E-state index is 12.4. The molecule has 2 heterocycles. The Bertz CT molecular complexity index is 590. The Morgan fingerprint density at radius 2 is 2.04 bits per heavy atom. The second kappa shape index (κ2) is 9.97. The van der Waals surface area contributed by atoms with Crippen LogP contribution in [0.15, 0.2) is 12.2 Å². The van der Waals surface area contributed by atoms with Crippen molar-refractivity contribution in [2.75, 3.05) is 26.2 Å². The monoisotopic (exact) mass is 361 g/mol. The van der Waals surface area contributed by atoms with E-state index in [1.54, 1.807) is 11.0 Å². The van der Waals surface area contributed by atoms with E-state index in [0.29, 0.717) is 25.4 Å². The summed E-state index contributed by atoms with van der Waals surface area (Å²) in [4.78, 5) is 37.2. The molecule has 0 aromatic carbocycles. The van der Waals surface area contributed by atoms with Gasteiger partial charge in [0, 0.05) is 13.1 Å². The fraction of sp³-hybridized carbons (Fsp3) is 0.632. The van der Waals surface area contributed by atoms with Crippen LogP contribution in [0.1, 0.15) is 32.1 Å². The quantitative estimate of drug-likeness (QED) is 0.469. The fourth-order valence-corrected chi connectivity index (χ4v) is 3.37. The molecular formula is C19H27N3O4. The summed E-state index contributed by atoms with van der Waals surface area (Å²) in [5.74, 6) is 0.944. The first kappa shape index (κ1) is 20.0. The number of allylic oxidation sites excluding steroid dienone is 1. The molecule has 7 heteroatoms. The van der Waals surface area contributed by atoms with Crippen LogP contribution < -0.4 is 10.6 Å². The summed E-state index contributed by atoms with van der Waals surface area (Å²) in [6.07, 6.45) is 12.1. The third-order valence-electron chi connectivity index (χ3n) is 4.90. The molecule has 0 spiro atoms. The Kier molecular flexibility index (Phi) is 7.67. The highest BCUT2D eigenvalue weighted by Crippen LogP contribution is 2.18. The van der Waals surface area contributed by atoms with Crippen molar-refractivity contribution in [1.29, 1.82) is 0 Å². The molecule has 2 aliphatic rings. The van der Waals surface area contributed by atoms with Crippen molar-refractivity contribution in [3.05, 3.63) is 12.2 Å². The molecule has 7 nitrogen and oxygen atoms in total. The zero-order chi connectivity index (χ0) is 18.9. The lowest BCUT2D eigenvalue weighted by Gasteiger charge is -2.32. The Balaban J connectivity index is 1.86. The van der Waals surface area contributed by atoms with Crippen molar-refractivity contribution >= 4 is 17.8 Å². The van der Waals surface area contributed by atoms with E-state index < -0.39 is 12.0 Å². The number of aliphatic carboxylic acids is 1. The molecular weight excluding hydrogens is 334 g/mol. The molecule has 2 saturated heterocycles. The molecule has 3 N–H and O–H groups in total. The zero-order valence-corrected chi connectivity index (χ0v) is 14.9. The van der Waals surface area contributed by atoms with Gasteiger partial charge in [-0.25, -0.2) is 0 Å². The molecule has 0 unspecified atom stereocenters. The number of hydrogen-bond acceptors (Lipinski definition) is 4. The summed E-state index contributed by atoms with van der Waals surface area (Å²) in [5, 5.41) is 14.7. The summed E-state index contributed by atoms with van der Waals surface area (Å²) >= 11 is 0. The summed E-state index contributed by atoms with van der Waals surface area (Å²) in [6.45, 7) is 2.92. The Labute approximate surface area is 154 Å². The predicted molar refractivity (Wildman–Crippen MR) is 97.1 cm³/mol. The summed E-state index contributed by atoms with van der Waals surface area (Å²) < 4.78 is 0. The first-order valence-electron chi connectivity index (χ1n) is 9.15. The largest absolute Gasteiger partial charge is 0.481 e. The number of nitrogens with zero attached hydrogens (tertiary/aromatic N) is 1. The van der Waals surface area contributed by atoms with E-state index in [9.17, 15) is 14.4 Å². The molecule has 142 valence electrons. The Morgan fingerprint density at radius 1 is 1.31 bits per heavy atom. The van der Waals surface area contributed by atoms with Crippen molar-refractivity contribution in [2.24, 2.45) is 11.8 Å². The van der Waals surface area contributed by atoms with Crippen LogP contribution in [0.25, 0.3) is 0 Å². The third kappa shape index (κ3) is 6.19. The number of terminal acetylenes is 1. The van der Waals surface area contributed by atoms with Gasteiger partial charge in [0.05, 0.1) is 12.3 Å². The van der Waals surface area contributed by atoms with Crippen LogP contribution in [0.4, 0.5) is 0 Å². The molecule has 2 atom stereocenters. The first-order valence-corrected chi connectivity index (χ1v) is 9.15. The average molecular weight is 361 g/mol. The van der Waals surface area contributed by atoms with Gasteiger partial charge in [0.25, 0.3) is 0 Å². The fourth-order valence-electron chi connectivity index (χ4n) is 3.37. The van der Waals surface area contributed by atoms with Gasteiger partial charge in [-0.2, -0.15) is 0 Å². The second-order valence-corrected chi connectivity index (χ2v) is 6.90. The van der Waals surface area contributed by atoms with Gasteiger partial charge >= 0.3 is 5.97 Å². The molecule has 0 aromatic rings. The highest BCUT2D eigenvalue weighted by Gasteiger charge is 2.29. The van der Waals surface area contributed by atoms with E-state index in [-0.39, 0.29) is 24.2 Å². The second-order valence-electron chi connectivity index (χ2n) is 6.90. The molecule has 2 fully saturated rings. The maximum atomic E-state index is 12.4. The van der Waals surface area contributed by atoms with Crippen molar-refractivity contribution < 1.29 is 19.5 Å². The van der Waals surface area contributed by atoms with Gasteiger partial charge in [-0.15, -0.1) is 6.42 Å². The number of nitrogens with one attached hydrogen (secondary N) is 2. The van der Waals surface area contributed by atoms with Gasteiger partial charge in [-0.3, -0.25) is 14.4 Å². The zero-order valence-electron chi connectivity index (χ0n) is 14.9. The van der Waals surface area contributed by atoms with Crippen LogP contribution in [-0.4, -0.2) is 60.0 Å². The normalized spacial score (nSPS) is 22.6. The van der Waals surface area contributed by atoms with E-state index in [0.717, 1.165) is 32.4 Å². The van der Waals surface area contributed by atoms with Crippen LogP contribution in [0.5, 0.6) is 0 Å². The van der Waals surface area contributed by atoms with E-state index in [1.165, 1.54) is 0 Å². The summed E-state index contributed by atoms with van der Waals surface area (Å²) in [7, 11) is 0. The van der Waals surface area contributed by atoms with Crippen molar-refractivity contribution in [1.82, 2.24) is 15.5 Å². The van der Waals surface area contributed by atoms with Gasteiger partial charge in [0.1, 0.15) is 6.04 Å². The minimum absolute atomic E-state index is 0.0694. The highest BCUT2D eigenvalue weighted by atomic mass is 16.4. The van der Waals surface area contributed by atoms with Crippen molar-refractivity contribution in [2.45, 2.75) is 38.1 Å². The molecule has 0 radical (unpaired) electrons. The lowest BCUT2D eigenvalue weighted by Crippen LogP contribution is -2.47. The predicted octanol–water partition coefficient (Wildman–Crippen LogP) is 0.374. The van der Waals surface area contributed by atoms with Crippen molar-refractivity contribution in [3.8, 4) is 12.3 Å². The molecule has 0 aromatic heterocycles. The van der Waals surface area contributed by atoms with Crippen molar-refractivity contribution in [3.63, 3.8) is 0 Å². The number of carboxylic acids is 1. The van der Waals surface area contributed by atoms with Crippen LogP contribution in [-0.2, 0) is 14.4 Å². The maximum Gasteiger partial charge on any atom is 0.306 e. The molecule has 2 amide bonds. The number of carbonyl (C=O) groups excluding carboxylic acids is 2. The summed E-state index contributed by atoms with van der Waals surface area (Å²) in [5.41, 5.74) is 0. The minimum Gasteiger partial charge on any atom is -0.481 e. The first-order chi connectivity index (χ1) is 12.5. The van der Waals surface area contributed by atoms with E-state index >= 15 is 0 Å². The average Bonchev–Trinajstić information content (AvgIpc) is 2.66. The van der Waals surface area contributed by atoms with Crippen LogP contribution in [0.2, 0.25) is 0 Å². The topological polar surface area (TPSA) is 98.7 Å². The number of amides is 2. The number of hydrogen-bond donors (Lipinski definition) is 3. The number of likely N-dealkylation sites (tertiary alicyclic amines) is 1.